The molecule has 8 heteroatoms. The van der Waals surface area contributed by atoms with Gasteiger partial charge in [-0.15, -0.1) is 0 Å². The first-order valence-corrected chi connectivity index (χ1v) is 10.2. The van der Waals surface area contributed by atoms with Gasteiger partial charge in [0.1, 0.15) is 0 Å². The minimum Gasteiger partial charge on any atom is -0.359 e. The van der Waals surface area contributed by atoms with Crippen LogP contribution in [-0.4, -0.2) is 45.4 Å². The number of halogens is 1. The highest BCUT2D eigenvalue weighted by atomic mass is 19.1. The molecule has 2 fully saturated rings. The van der Waals surface area contributed by atoms with Gasteiger partial charge in [0.15, 0.2) is 11.6 Å². The number of likely N-dealkylation sites (tertiary alicyclic amines) is 1. The summed E-state index contributed by atoms with van der Waals surface area (Å²) in [4.78, 5) is 35.2. The second kappa shape index (κ2) is 7.66. The van der Waals surface area contributed by atoms with Crippen LogP contribution < -0.4 is 10.6 Å². The Bertz CT molecular complexity index is 980. The Morgan fingerprint density at radius 3 is 2.70 bits per heavy atom. The van der Waals surface area contributed by atoms with Crippen molar-refractivity contribution >= 4 is 17.6 Å². The lowest BCUT2D eigenvalue weighted by Crippen LogP contribution is -2.73. The van der Waals surface area contributed by atoms with E-state index >= 15 is 0 Å². The lowest BCUT2D eigenvalue weighted by Gasteiger charge is -2.63. The largest absolute Gasteiger partial charge is 0.359 e. The van der Waals surface area contributed by atoms with Gasteiger partial charge in [0.25, 0.3) is 0 Å². The summed E-state index contributed by atoms with van der Waals surface area (Å²) in [5, 5.41) is 5.66. The highest BCUT2D eigenvalue weighted by Crippen LogP contribution is 2.51. The van der Waals surface area contributed by atoms with Gasteiger partial charge in [0, 0.05) is 24.3 Å². The number of piperidine rings is 1. The topological polar surface area (TPSA) is 87.2 Å². The highest BCUT2D eigenvalue weighted by Gasteiger charge is 2.58. The number of nitrogens with zero attached hydrogens (tertiary/aromatic N) is 3. The number of fused-ring (bicyclic) bond motifs is 2. The average molecular weight is 411 g/mol. The lowest BCUT2D eigenvalue weighted by atomic mass is 9.63. The standard InChI is InChI=1S/C22H26FN5O2/c1-13-6-17-9-22(8-13,10-19(29)24-3)28(17)21(30)27-16-5-4-14(2)18(7-16)20-25-11-15(23)12-26-20/h4-5,7,11-13,17H,6,8-10H2,1-3H3,(H,24,29)(H,27,30)/t13-,17?,22?/m0/s1. The molecule has 3 amide bonds. The number of aryl methyl sites for hydroxylation is 1. The van der Waals surface area contributed by atoms with Gasteiger partial charge < -0.3 is 15.5 Å². The zero-order valence-corrected chi connectivity index (χ0v) is 17.4. The molecule has 2 aliphatic rings. The molecule has 2 heterocycles. The van der Waals surface area contributed by atoms with Crippen molar-refractivity contribution in [2.75, 3.05) is 12.4 Å². The van der Waals surface area contributed by atoms with Gasteiger partial charge in [-0.2, -0.15) is 0 Å². The van der Waals surface area contributed by atoms with Crippen molar-refractivity contribution in [1.82, 2.24) is 20.2 Å². The van der Waals surface area contributed by atoms with Crippen molar-refractivity contribution in [2.24, 2.45) is 5.92 Å². The molecule has 0 spiro atoms. The van der Waals surface area contributed by atoms with E-state index in [1.54, 1.807) is 13.1 Å². The summed E-state index contributed by atoms with van der Waals surface area (Å²) >= 11 is 0. The molecule has 2 bridgehead atoms. The summed E-state index contributed by atoms with van der Waals surface area (Å²) in [5.41, 5.74) is 1.84. The Labute approximate surface area is 175 Å². The molecule has 1 saturated heterocycles. The van der Waals surface area contributed by atoms with Gasteiger partial charge >= 0.3 is 6.03 Å². The van der Waals surface area contributed by atoms with Crippen LogP contribution in [0.4, 0.5) is 14.9 Å². The molecule has 1 aromatic carbocycles. The molecule has 2 unspecified atom stereocenters. The summed E-state index contributed by atoms with van der Waals surface area (Å²) in [5.74, 6) is 0.335. The van der Waals surface area contributed by atoms with Gasteiger partial charge in [-0.3, -0.25) is 4.79 Å². The van der Waals surface area contributed by atoms with Crippen LogP contribution in [0.3, 0.4) is 0 Å². The summed E-state index contributed by atoms with van der Waals surface area (Å²) in [6.45, 7) is 4.09. The second-order valence-electron chi connectivity index (χ2n) is 8.53. The quantitative estimate of drug-likeness (QED) is 0.806. The van der Waals surface area contributed by atoms with Gasteiger partial charge in [0.05, 0.1) is 24.4 Å². The predicted octanol–water partition coefficient (Wildman–Crippen LogP) is 3.50. The van der Waals surface area contributed by atoms with E-state index in [0.29, 0.717) is 23.9 Å². The number of carbonyl (C=O) groups excluding carboxylic acids is 2. The average Bonchev–Trinajstić information content (AvgIpc) is 2.69. The fraction of sp³-hybridized carbons (Fsp3) is 0.455. The fourth-order valence-corrected chi connectivity index (χ4v) is 5.04. The summed E-state index contributed by atoms with van der Waals surface area (Å²) in [6, 6.07) is 5.45. The Morgan fingerprint density at radius 2 is 2.00 bits per heavy atom. The number of carbonyl (C=O) groups is 2. The Hall–Kier alpha value is -3.03. The highest BCUT2D eigenvalue weighted by molar-refractivity contribution is 5.92. The van der Waals surface area contributed by atoms with Crippen LogP contribution in [0.1, 0.15) is 38.2 Å². The molecular formula is C22H26FN5O2. The van der Waals surface area contributed by atoms with Gasteiger partial charge in [0.2, 0.25) is 5.91 Å². The van der Waals surface area contributed by atoms with Crippen molar-refractivity contribution in [1.29, 1.82) is 0 Å². The van der Waals surface area contributed by atoms with Crippen molar-refractivity contribution in [3.8, 4) is 11.4 Å². The minimum absolute atomic E-state index is 0.0496. The lowest BCUT2D eigenvalue weighted by molar-refractivity contribution is -0.134. The van der Waals surface area contributed by atoms with Gasteiger partial charge in [-0.05, 0) is 49.8 Å². The summed E-state index contributed by atoms with van der Waals surface area (Å²) in [7, 11) is 1.62. The molecule has 1 aromatic heterocycles. The van der Waals surface area contributed by atoms with Crippen LogP contribution in [0, 0.1) is 18.7 Å². The number of anilines is 1. The first kappa shape index (κ1) is 20.3. The van der Waals surface area contributed by atoms with Crippen LogP contribution in [0.5, 0.6) is 0 Å². The minimum atomic E-state index is -0.499. The second-order valence-corrected chi connectivity index (χ2v) is 8.53. The molecule has 1 aliphatic carbocycles. The van der Waals surface area contributed by atoms with E-state index in [1.165, 1.54) is 0 Å². The molecule has 1 aliphatic heterocycles. The van der Waals surface area contributed by atoms with Crippen molar-refractivity contribution in [2.45, 2.75) is 51.1 Å². The number of amides is 3. The molecule has 1 saturated carbocycles. The van der Waals surface area contributed by atoms with E-state index in [2.05, 4.69) is 27.5 Å². The van der Waals surface area contributed by atoms with Crippen molar-refractivity contribution in [3.63, 3.8) is 0 Å². The summed E-state index contributed by atoms with van der Waals surface area (Å²) in [6.07, 6.45) is 5.20. The van der Waals surface area contributed by atoms with Crippen molar-refractivity contribution in [3.05, 3.63) is 42.0 Å². The van der Waals surface area contributed by atoms with Crippen LogP contribution in [-0.2, 0) is 4.79 Å². The monoisotopic (exact) mass is 411 g/mol. The Kier molecular flexibility index (Phi) is 5.17. The third-order valence-corrected chi connectivity index (χ3v) is 6.23. The Morgan fingerprint density at radius 1 is 1.27 bits per heavy atom. The van der Waals surface area contributed by atoms with Crippen LogP contribution in [0.15, 0.2) is 30.6 Å². The molecule has 7 nitrogen and oxygen atoms in total. The Balaban J connectivity index is 1.56. The molecule has 2 aromatic rings. The SMILES string of the molecule is CNC(=O)CC12CC(C[C@H](C)C1)N2C(=O)Nc1ccc(C)c(-c2ncc(F)cn2)c1. The first-order chi connectivity index (χ1) is 14.3. The maximum absolute atomic E-state index is 13.2. The van der Waals surface area contributed by atoms with E-state index < -0.39 is 11.4 Å². The third kappa shape index (κ3) is 3.62. The molecule has 3 atom stereocenters. The van der Waals surface area contributed by atoms with Crippen LogP contribution >= 0.6 is 0 Å². The van der Waals surface area contributed by atoms with E-state index in [9.17, 15) is 14.0 Å². The van der Waals surface area contributed by atoms with E-state index in [4.69, 9.17) is 0 Å². The number of rotatable bonds is 4. The van der Waals surface area contributed by atoms with E-state index in [1.807, 2.05) is 24.0 Å². The maximum Gasteiger partial charge on any atom is 0.322 e. The number of aromatic nitrogens is 2. The van der Waals surface area contributed by atoms with Crippen LogP contribution in [0.25, 0.3) is 11.4 Å². The first-order valence-electron chi connectivity index (χ1n) is 10.2. The fourth-order valence-electron chi connectivity index (χ4n) is 5.04. The van der Waals surface area contributed by atoms with E-state index in [0.717, 1.165) is 42.8 Å². The molecule has 158 valence electrons. The zero-order valence-electron chi connectivity index (χ0n) is 17.4. The summed E-state index contributed by atoms with van der Waals surface area (Å²) < 4.78 is 13.2. The number of urea groups is 1. The molecule has 4 rings (SSSR count). The molecule has 30 heavy (non-hydrogen) atoms. The van der Waals surface area contributed by atoms with Crippen LogP contribution in [0.2, 0.25) is 0 Å². The normalized spacial score (nSPS) is 24.7. The number of benzene rings is 1. The molecular weight excluding hydrogens is 385 g/mol. The maximum atomic E-state index is 13.2. The van der Waals surface area contributed by atoms with E-state index in [-0.39, 0.29) is 18.0 Å². The molecule has 0 radical (unpaired) electrons. The van der Waals surface area contributed by atoms with Gasteiger partial charge in [-0.1, -0.05) is 13.0 Å². The number of nitrogens with one attached hydrogen (secondary N) is 2. The smallest absolute Gasteiger partial charge is 0.322 e. The predicted molar refractivity (Wildman–Crippen MR) is 111 cm³/mol. The van der Waals surface area contributed by atoms with Crippen molar-refractivity contribution < 1.29 is 14.0 Å². The molecule has 2 N–H and O–H groups in total. The third-order valence-electron chi connectivity index (χ3n) is 6.23. The number of hydrogen-bond donors (Lipinski definition) is 2. The van der Waals surface area contributed by atoms with Gasteiger partial charge in [-0.25, -0.2) is 19.2 Å². The number of hydrogen-bond acceptors (Lipinski definition) is 4. The zero-order chi connectivity index (χ0) is 21.5.